The Labute approximate surface area is 259 Å². The lowest BCUT2D eigenvalue weighted by molar-refractivity contribution is -0.117. The van der Waals surface area contributed by atoms with Crippen LogP contribution >= 0.6 is 0 Å². The third kappa shape index (κ3) is 5.90. The molecule has 4 aromatic heterocycles. The van der Waals surface area contributed by atoms with Gasteiger partial charge in [-0.3, -0.25) is 14.4 Å². The van der Waals surface area contributed by atoms with E-state index in [0.29, 0.717) is 30.4 Å². The zero-order chi connectivity index (χ0) is 30.3. The predicted octanol–water partition coefficient (Wildman–Crippen LogP) is 4.28. The van der Waals surface area contributed by atoms with Gasteiger partial charge in [-0.25, -0.2) is 15.0 Å². The molecule has 13 heteroatoms. The number of nitrogens with zero attached hydrogens (tertiary/aromatic N) is 7. The van der Waals surface area contributed by atoms with Crippen molar-refractivity contribution in [3.63, 3.8) is 0 Å². The quantitative estimate of drug-likeness (QED) is 0.182. The number of carbonyl (C=O) groups is 1. The van der Waals surface area contributed by atoms with Gasteiger partial charge >= 0.3 is 0 Å². The molecule has 2 aliphatic heterocycles. The van der Waals surface area contributed by atoms with Crippen LogP contribution in [0.25, 0.3) is 22.2 Å². The molecule has 3 aliphatic rings. The number of hydrogen-bond acceptors (Lipinski definition) is 10. The number of benzene rings is 1. The molecule has 1 amide bonds. The van der Waals surface area contributed by atoms with Gasteiger partial charge in [0.1, 0.15) is 6.10 Å². The van der Waals surface area contributed by atoms with Crippen LogP contribution in [0.3, 0.4) is 0 Å². The molecular weight excluding hydrogens is 570 g/mol. The van der Waals surface area contributed by atoms with Crippen LogP contribution in [0.15, 0.2) is 48.9 Å². The van der Waals surface area contributed by atoms with Crippen LogP contribution in [0.2, 0.25) is 0 Å². The second kappa shape index (κ2) is 11.5. The Balaban J connectivity index is 0.921. The number of nitrogens with one attached hydrogen (secondary N) is 4. The van der Waals surface area contributed by atoms with Crippen LogP contribution in [0, 0.1) is 6.92 Å². The number of rotatable bonds is 10. The highest BCUT2D eigenvalue weighted by atomic mass is 16.5. The lowest BCUT2D eigenvalue weighted by Crippen LogP contribution is -2.33. The Morgan fingerprint density at radius 3 is 2.93 bits per heavy atom. The monoisotopic (exact) mass is 605 g/mol. The van der Waals surface area contributed by atoms with Crippen LogP contribution in [0.5, 0.6) is 5.88 Å². The summed E-state index contributed by atoms with van der Waals surface area (Å²) in [6, 6.07) is 10.2. The van der Waals surface area contributed by atoms with E-state index in [2.05, 4.69) is 52.0 Å². The van der Waals surface area contributed by atoms with E-state index in [4.69, 9.17) is 9.72 Å². The minimum Gasteiger partial charge on any atom is -0.473 e. The molecule has 6 heterocycles. The molecule has 45 heavy (non-hydrogen) atoms. The second-order valence-electron chi connectivity index (χ2n) is 12.1. The van der Waals surface area contributed by atoms with Crippen molar-refractivity contribution in [2.75, 3.05) is 35.6 Å². The van der Waals surface area contributed by atoms with Crippen molar-refractivity contribution in [1.82, 2.24) is 39.6 Å². The third-order valence-electron chi connectivity index (χ3n) is 8.55. The molecule has 1 atom stereocenters. The van der Waals surface area contributed by atoms with E-state index in [-0.39, 0.29) is 18.6 Å². The van der Waals surface area contributed by atoms with Crippen molar-refractivity contribution < 1.29 is 9.53 Å². The summed E-state index contributed by atoms with van der Waals surface area (Å²) in [6.45, 7) is 4.65. The molecule has 2 fully saturated rings. The molecule has 5 aromatic rings. The molecule has 230 valence electrons. The number of amides is 1. The number of aromatic nitrogens is 7. The molecule has 13 nitrogen and oxygen atoms in total. The van der Waals surface area contributed by atoms with Crippen molar-refractivity contribution in [2.45, 2.75) is 57.7 Å². The zero-order valence-electron chi connectivity index (χ0n) is 25.1. The summed E-state index contributed by atoms with van der Waals surface area (Å²) in [5, 5.41) is 15.3. The molecule has 8 rings (SSSR count). The van der Waals surface area contributed by atoms with E-state index in [1.165, 1.54) is 5.69 Å². The molecule has 1 aromatic carbocycles. The van der Waals surface area contributed by atoms with Crippen LogP contribution in [0.4, 0.5) is 23.4 Å². The normalized spacial score (nSPS) is 17.8. The maximum Gasteiger partial charge on any atom is 0.238 e. The minimum atomic E-state index is -0.0751. The van der Waals surface area contributed by atoms with E-state index < -0.39 is 0 Å². The van der Waals surface area contributed by atoms with Gasteiger partial charge in [0.2, 0.25) is 23.7 Å². The van der Waals surface area contributed by atoms with Gasteiger partial charge in [0.25, 0.3) is 0 Å². The number of para-hydroxylation sites is 1. The summed E-state index contributed by atoms with van der Waals surface area (Å²) < 4.78 is 8.16. The van der Waals surface area contributed by atoms with E-state index in [1.54, 1.807) is 12.3 Å². The van der Waals surface area contributed by atoms with Crippen LogP contribution in [-0.2, 0) is 17.8 Å². The van der Waals surface area contributed by atoms with Crippen molar-refractivity contribution in [1.29, 1.82) is 0 Å². The van der Waals surface area contributed by atoms with Crippen molar-refractivity contribution in [3.05, 3.63) is 60.2 Å². The molecule has 0 radical (unpaired) electrons. The Morgan fingerprint density at radius 2 is 2.04 bits per heavy atom. The zero-order valence-corrected chi connectivity index (χ0v) is 25.1. The fourth-order valence-electron chi connectivity index (χ4n) is 6.15. The van der Waals surface area contributed by atoms with E-state index >= 15 is 0 Å². The Kier molecular flexibility index (Phi) is 7.01. The fraction of sp³-hybridized carbons (Fsp3) is 0.375. The number of hydrogen-bond donors (Lipinski definition) is 4. The maximum atomic E-state index is 13.2. The highest BCUT2D eigenvalue weighted by Gasteiger charge is 2.27. The number of H-pyrrole nitrogens is 1. The van der Waals surface area contributed by atoms with Crippen molar-refractivity contribution in [3.8, 4) is 17.1 Å². The maximum absolute atomic E-state index is 13.2. The highest BCUT2D eigenvalue weighted by Crippen LogP contribution is 2.34. The molecule has 1 aliphatic carbocycles. The van der Waals surface area contributed by atoms with Gasteiger partial charge in [0.05, 0.1) is 23.4 Å². The lowest BCUT2D eigenvalue weighted by Gasteiger charge is -2.17. The largest absolute Gasteiger partial charge is 0.473 e. The van der Waals surface area contributed by atoms with Gasteiger partial charge in [-0.15, -0.1) is 0 Å². The number of aromatic amines is 1. The number of ether oxygens (including phenoxy) is 1. The number of likely N-dealkylation sites (tertiary alicyclic amines) is 1. The van der Waals surface area contributed by atoms with Crippen molar-refractivity contribution in [2.24, 2.45) is 0 Å². The summed E-state index contributed by atoms with van der Waals surface area (Å²) in [5.74, 6) is 2.34. The molecule has 0 bridgehead atoms. The third-order valence-corrected chi connectivity index (χ3v) is 8.55. The summed E-state index contributed by atoms with van der Waals surface area (Å²) in [7, 11) is 0. The second-order valence-corrected chi connectivity index (χ2v) is 12.1. The van der Waals surface area contributed by atoms with Crippen LogP contribution in [-0.4, -0.2) is 77.3 Å². The molecule has 0 unspecified atom stereocenters. The topological polar surface area (TPSA) is 151 Å². The number of carbonyl (C=O) groups excluding carboxylic acids is 1. The first-order valence-electron chi connectivity index (χ1n) is 15.6. The molecule has 1 saturated carbocycles. The average Bonchev–Trinajstić information content (AvgIpc) is 3.36. The summed E-state index contributed by atoms with van der Waals surface area (Å²) in [5.41, 5.74) is 5.51. The average molecular weight is 606 g/mol. The minimum absolute atomic E-state index is 0.0270. The summed E-state index contributed by atoms with van der Waals surface area (Å²) in [6.07, 6.45) is 10.8. The summed E-state index contributed by atoms with van der Waals surface area (Å²) in [4.78, 5) is 36.8. The lowest BCUT2D eigenvalue weighted by atomic mass is 10.1. The first-order chi connectivity index (χ1) is 22.0. The van der Waals surface area contributed by atoms with Crippen LogP contribution < -0.4 is 20.7 Å². The number of fused-ring (bicyclic) bond motifs is 2. The van der Waals surface area contributed by atoms with Gasteiger partial charge in [-0.1, -0.05) is 12.1 Å². The number of aryl methyl sites for hydroxylation is 3. The molecule has 4 N–H and O–H groups in total. The number of anilines is 4. The summed E-state index contributed by atoms with van der Waals surface area (Å²) >= 11 is 0. The van der Waals surface area contributed by atoms with E-state index in [1.807, 2.05) is 42.2 Å². The molecular formula is C32H35N11O2. The Morgan fingerprint density at radius 1 is 1.11 bits per heavy atom. The highest BCUT2D eigenvalue weighted by molar-refractivity contribution is 6.06. The first-order valence-corrected chi connectivity index (χ1v) is 15.6. The van der Waals surface area contributed by atoms with Gasteiger partial charge < -0.3 is 25.7 Å². The standard InChI is InChI=1S/C32H35N11O2/c1-19-15-35-32(38-26-14-21-4-3-12-43(21)41-26)40-29(19)24-16-34-30-23(24)5-2-6-25(30)37-27(44)18-42-13-10-22(17-42)45-28-9-11-33-31(39-28)36-20-7-8-20/h2,5-6,9,11,14-16,20,22,34H,3-4,7-8,10,12-13,17-18H2,1H3,(H,37,44)(H,33,36,39)(H,35,38,40,41)/t22-/m0/s1. The Bertz CT molecular complexity index is 1860. The van der Waals surface area contributed by atoms with Gasteiger partial charge in [0.15, 0.2) is 5.82 Å². The molecule has 1 saturated heterocycles. The molecule has 0 spiro atoms. The van der Waals surface area contributed by atoms with Crippen LogP contribution in [0.1, 0.15) is 36.9 Å². The van der Waals surface area contributed by atoms with E-state index in [0.717, 1.165) is 84.4 Å². The first kappa shape index (κ1) is 27.5. The fourth-order valence-corrected chi connectivity index (χ4v) is 6.15. The van der Waals surface area contributed by atoms with Gasteiger partial charge in [-0.2, -0.15) is 10.1 Å². The smallest absolute Gasteiger partial charge is 0.238 e. The SMILES string of the molecule is Cc1cnc(Nc2cc3n(n2)CCC3)nc1-c1c[nH]c2c(NC(=O)CN3CC[C@H](Oc4ccnc(NC5CC5)n4)C3)cccc12. The Hall–Kier alpha value is -5.04. The van der Waals surface area contributed by atoms with Gasteiger partial charge in [-0.05, 0) is 50.7 Å². The van der Waals surface area contributed by atoms with Crippen molar-refractivity contribution >= 4 is 40.2 Å². The van der Waals surface area contributed by atoms with E-state index in [9.17, 15) is 4.79 Å². The predicted molar refractivity (Wildman–Crippen MR) is 171 cm³/mol. The van der Waals surface area contributed by atoms with Gasteiger partial charge in [0, 0.05) is 73.0 Å².